The summed E-state index contributed by atoms with van der Waals surface area (Å²) < 4.78 is 23.0. The van der Waals surface area contributed by atoms with Crippen molar-refractivity contribution in [3.63, 3.8) is 0 Å². The van der Waals surface area contributed by atoms with Crippen LogP contribution in [0.5, 0.6) is 0 Å². The van der Waals surface area contributed by atoms with Crippen LogP contribution in [0.4, 0.5) is 5.69 Å². The van der Waals surface area contributed by atoms with Crippen molar-refractivity contribution in [3.05, 3.63) is 29.8 Å². The Morgan fingerprint density at radius 3 is 2.81 bits per heavy atom. The van der Waals surface area contributed by atoms with Crippen molar-refractivity contribution >= 4 is 21.4 Å². The highest BCUT2D eigenvalue weighted by atomic mass is 32.2. The lowest BCUT2D eigenvalue weighted by Crippen LogP contribution is -2.40. The zero-order chi connectivity index (χ0) is 15.0. The molecule has 0 saturated carbocycles. The number of rotatable bonds is 2. The molecule has 5 heteroatoms. The van der Waals surface area contributed by atoms with Crippen LogP contribution in [0.25, 0.3) is 0 Å². The third-order valence-corrected chi connectivity index (χ3v) is 6.27. The molecule has 1 fully saturated rings. The molecule has 114 valence electrons. The summed E-state index contributed by atoms with van der Waals surface area (Å²) >= 11 is 0. The van der Waals surface area contributed by atoms with E-state index in [4.69, 9.17) is 0 Å². The molecular weight excluding hydrogens is 286 g/mol. The van der Waals surface area contributed by atoms with E-state index < -0.39 is 9.84 Å². The summed E-state index contributed by atoms with van der Waals surface area (Å²) in [5.41, 5.74) is 2.21. The average Bonchev–Trinajstić information content (AvgIpc) is 2.76. The first-order valence-corrected chi connectivity index (χ1v) is 9.35. The smallest absolute Gasteiger partial charge is 0.227 e. The molecule has 0 radical (unpaired) electrons. The maximum atomic E-state index is 12.6. The van der Waals surface area contributed by atoms with E-state index in [0.29, 0.717) is 18.8 Å². The van der Waals surface area contributed by atoms with Gasteiger partial charge in [-0.25, -0.2) is 8.42 Å². The number of sulfone groups is 1. The maximum Gasteiger partial charge on any atom is 0.227 e. The van der Waals surface area contributed by atoms with Crippen LogP contribution in [-0.4, -0.2) is 32.4 Å². The van der Waals surface area contributed by atoms with Gasteiger partial charge in [-0.15, -0.1) is 0 Å². The second kappa shape index (κ2) is 5.44. The van der Waals surface area contributed by atoms with Crippen molar-refractivity contribution in [1.29, 1.82) is 0 Å². The molecule has 0 aromatic heterocycles. The highest BCUT2D eigenvalue weighted by molar-refractivity contribution is 7.91. The SMILES string of the molecule is C[C@@H]1Cc2ccccc2N(C(=O)C[C@H]2CCS(=O)(=O)C2)C1. The molecule has 0 unspecified atom stereocenters. The minimum Gasteiger partial charge on any atom is -0.312 e. The van der Waals surface area contributed by atoms with Crippen LogP contribution in [0.1, 0.15) is 25.3 Å². The van der Waals surface area contributed by atoms with Crippen LogP contribution >= 0.6 is 0 Å². The molecule has 4 nitrogen and oxygen atoms in total. The standard InChI is InChI=1S/C16H21NO3S/c1-12-8-14-4-2-3-5-15(14)17(10-12)16(18)9-13-6-7-21(19,20)11-13/h2-5,12-13H,6-11H2,1H3/t12-,13-/m1/s1. The number of fused-ring (bicyclic) bond motifs is 1. The normalized spacial score (nSPS) is 27.4. The summed E-state index contributed by atoms with van der Waals surface area (Å²) in [6.45, 7) is 2.88. The fourth-order valence-corrected chi connectivity index (χ4v) is 5.28. The minimum absolute atomic E-state index is 0.00750. The first-order chi connectivity index (χ1) is 9.94. The fraction of sp³-hybridized carbons (Fsp3) is 0.562. The Morgan fingerprint density at radius 2 is 2.10 bits per heavy atom. The summed E-state index contributed by atoms with van der Waals surface area (Å²) in [5, 5.41) is 0. The number of carbonyl (C=O) groups excluding carboxylic acids is 1. The van der Waals surface area contributed by atoms with Gasteiger partial charge in [-0.3, -0.25) is 4.79 Å². The summed E-state index contributed by atoms with van der Waals surface area (Å²) in [5.74, 6) is 0.904. The van der Waals surface area contributed by atoms with E-state index in [0.717, 1.165) is 18.7 Å². The van der Waals surface area contributed by atoms with Gasteiger partial charge in [0.2, 0.25) is 5.91 Å². The Labute approximate surface area is 126 Å². The van der Waals surface area contributed by atoms with Crippen LogP contribution < -0.4 is 4.90 Å². The van der Waals surface area contributed by atoms with Crippen LogP contribution in [-0.2, 0) is 21.1 Å². The van der Waals surface area contributed by atoms with E-state index in [-0.39, 0.29) is 23.3 Å². The number of carbonyl (C=O) groups is 1. The summed E-state index contributed by atoms with van der Waals surface area (Å²) in [6, 6.07) is 8.02. The number of para-hydroxylation sites is 1. The molecule has 2 atom stereocenters. The van der Waals surface area contributed by atoms with Crippen molar-refractivity contribution in [3.8, 4) is 0 Å². The molecule has 2 aliphatic heterocycles. The molecule has 21 heavy (non-hydrogen) atoms. The van der Waals surface area contributed by atoms with E-state index in [2.05, 4.69) is 13.0 Å². The van der Waals surface area contributed by atoms with Crippen LogP contribution in [0, 0.1) is 11.8 Å². The predicted octanol–water partition coefficient (Wildman–Crippen LogP) is 2.04. The first-order valence-electron chi connectivity index (χ1n) is 7.53. The third-order valence-electron chi connectivity index (χ3n) is 4.44. The van der Waals surface area contributed by atoms with E-state index in [1.54, 1.807) is 0 Å². The van der Waals surface area contributed by atoms with Crippen molar-refractivity contribution in [2.24, 2.45) is 11.8 Å². The molecule has 1 amide bonds. The maximum absolute atomic E-state index is 12.6. The number of hydrogen-bond acceptors (Lipinski definition) is 3. The van der Waals surface area contributed by atoms with Crippen molar-refractivity contribution in [1.82, 2.24) is 0 Å². The fourth-order valence-electron chi connectivity index (χ4n) is 3.42. The first kappa shape index (κ1) is 14.6. The van der Waals surface area contributed by atoms with Crippen LogP contribution in [0.2, 0.25) is 0 Å². The number of nitrogens with zero attached hydrogens (tertiary/aromatic N) is 1. The van der Waals surface area contributed by atoms with Crippen molar-refractivity contribution in [2.75, 3.05) is 23.0 Å². The van der Waals surface area contributed by atoms with Gasteiger partial charge < -0.3 is 4.90 Å². The molecular formula is C16H21NO3S. The van der Waals surface area contributed by atoms with Crippen LogP contribution in [0.3, 0.4) is 0 Å². The van der Waals surface area contributed by atoms with Gasteiger partial charge in [0.05, 0.1) is 11.5 Å². The van der Waals surface area contributed by atoms with Gasteiger partial charge in [0.15, 0.2) is 9.84 Å². The van der Waals surface area contributed by atoms with E-state index in [9.17, 15) is 13.2 Å². The summed E-state index contributed by atoms with van der Waals surface area (Å²) in [4.78, 5) is 14.5. The highest BCUT2D eigenvalue weighted by Gasteiger charge is 2.32. The van der Waals surface area contributed by atoms with E-state index in [1.807, 2.05) is 23.1 Å². The second-order valence-electron chi connectivity index (χ2n) is 6.42. The van der Waals surface area contributed by atoms with Gasteiger partial charge >= 0.3 is 0 Å². The van der Waals surface area contributed by atoms with E-state index >= 15 is 0 Å². The lowest BCUT2D eigenvalue weighted by molar-refractivity contribution is -0.119. The van der Waals surface area contributed by atoms with Crippen LogP contribution in [0.15, 0.2) is 24.3 Å². The molecule has 2 aliphatic rings. The number of amides is 1. The van der Waals surface area contributed by atoms with Gasteiger partial charge in [-0.1, -0.05) is 25.1 Å². The molecule has 3 rings (SSSR count). The van der Waals surface area contributed by atoms with Crippen molar-refractivity contribution in [2.45, 2.75) is 26.2 Å². The van der Waals surface area contributed by atoms with E-state index in [1.165, 1.54) is 5.56 Å². The summed E-state index contributed by atoms with van der Waals surface area (Å²) in [7, 11) is -2.91. The zero-order valence-corrected chi connectivity index (χ0v) is 13.1. The van der Waals surface area contributed by atoms with Gasteiger partial charge in [-0.2, -0.15) is 0 Å². The third kappa shape index (κ3) is 3.12. The van der Waals surface area contributed by atoms with Crippen molar-refractivity contribution < 1.29 is 13.2 Å². The molecule has 0 aliphatic carbocycles. The monoisotopic (exact) mass is 307 g/mol. The number of anilines is 1. The predicted molar refractivity (Wildman–Crippen MR) is 83.0 cm³/mol. The molecule has 0 bridgehead atoms. The molecule has 1 aromatic carbocycles. The number of benzene rings is 1. The minimum atomic E-state index is -2.91. The Kier molecular flexibility index (Phi) is 3.78. The number of hydrogen-bond donors (Lipinski definition) is 0. The van der Waals surface area contributed by atoms with Gasteiger partial charge in [0, 0.05) is 18.7 Å². The summed E-state index contributed by atoms with van der Waals surface area (Å²) in [6.07, 6.45) is 1.97. The van der Waals surface area contributed by atoms with Gasteiger partial charge in [0.25, 0.3) is 0 Å². The Bertz CT molecular complexity index is 653. The average molecular weight is 307 g/mol. The quantitative estimate of drug-likeness (QED) is 0.840. The zero-order valence-electron chi connectivity index (χ0n) is 12.3. The lowest BCUT2D eigenvalue weighted by atomic mass is 9.93. The highest BCUT2D eigenvalue weighted by Crippen LogP contribution is 2.31. The molecule has 0 spiro atoms. The Hall–Kier alpha value is -1.36. The molecule has 2 heterocycles. The van der Waals surface area contributed by atoms with Gasteiger partial charge in [0.1, 0.15) is 0 Å². The topological polar surface area (TPSA) is 54.5 Å². The Balaban J connectivity index is 1.76. The molecule has 1 aromatic rings. The molecule has 1 saturated heterocycles. The molecule has 0 N–H and O–H groups in total. The van der Waals surface area contributed by atoms with Gasteiger partial charge in [-0.05, 0) is 36.3 Å². The lowest BCUT2D eigenvalue weighted by Gasteiger charge is -2.33. The Morgan fingerprint density at radius 1 is 1.33 bits per heavy atom. The largest absolute Gasteiger partial charge is 0.312 e. The second-order valence-corrected chi connectivity index (χ2v) is 8.64.